The molecule has 0 amide bonds. The molecule has 0 radical (unpaired) electrons. The molecule has 0 aromatic carbocycles. The zero-order valence-corrected chi connectivity index (χ0v) is 10.9. The number of carbonyl (C=O) groups is 3. The third kappa shape index (κ3) is 3.48. The zero-order chi connectivity index (χ0) is 13.0. The summed E-state index contributed by atoms with van der Waals surface area (Å²) in [7, 11) is 0. The maximum Gasteiger partial charge on any atom is 0.140 e. The van der Waals surface area contributed by atoms with Gasteiger partial charge in [-0.2, -0.15) is 0 Å². The summed E-state index contributed by atoms with van der Waals surface area (Å²) in [6.45, 7) is 5.45. The van der Waals surface area contributed by atoms with Crippen LogP contribution in [0.1, 0.15) is 46.5 Å². The average molecular weight is 238 g/mol. The minimum Gasteiger partial charge on any atom is -0.303 e. The Morgan fingerprint density at radius 3 is 2.65 bits per heavy atom. The monoisotopic (exact) mass is 238 g/mol. The van der Waals surface area contributed by atoms with E-state index in [0.717, 1.165) is 19.1 Å². The summed E-state index contributed by atoms with van der Waals surface area (Å²) in [6.07, 6.45) is 3.80. The maximum atomic E-state index is 12.3. The van der Waals surface area contributed by atoms with E-state index >= 15 is 0 Å². The van der Waals surface area contributed by atoms with E-state index in [4.69, 9.17) is 0 Å². The van der Waals surface area contributed by atoms with Crippen molar-refractivity contribution in [1.82, 2.24) is 0 Å². The molecule has 0 bridgehead atoms. The van der Waals surface area contributed by atoms with E-state index in [2.05, 4.69) is 6.92 Å². The van der Waals surface area contributed by atoms with E-state index in [1.54, 1.807) is 6.92 Å². The van der Waals surface area contributed by atoms with E-state index < -0.39 is 0 Å². The first-order chi connectivity index (χ1) is 7.97. The van der Waals surface area contributed by atoms with Crippen LogP contribution in [0.4, 0.5) is 0 Å². The van der Waals surface area contributed by atoms with Gasteiger partial charge in [0.2, 0.25) is 0 Å². The lowest BCUT2D eigenvalue weighted by atomic mass is 9.68. The van der Waals surface area contributed by atoms with Gasteiger partial charge in [0.15, 0.2) is 0 Å². The van der Waals surface area contributed by atoms with Crippen LogP contribution < -0.4 is 0 Å². The second kappa shape index (κ2) is 6.08. The summed E-state index contributed by atoms with van der Waals surface area (Å²) in [5, 5.41) is 0. The lowest BCUT2D eigenvalue weighted by molar-refractivity contribution is -0.135. The highest BCUT2D eigenvalue weighted by Crippen LogP contribution is 2.36. The molecular formula is C14H22O3. The normalized spacial score (nSPS) is 31.0. The quantitative estimate of drug-likeness (QED) is 0.691. The number of carbonyl (C=O) groups excluding carboxylic acids is 3. The second-order valence-corrected chi connectivity index (χ2v) is 5.41. The van der Waals surface area contributed by atoms with Crippen LogP contribution in [-0.4, -0.2) is 17.9 Å². The Morgan fingerprint density at radius 1 is 1.47 bits per heavy atom. The van der Waals surface area contributed by atoms with Gasteiger partial charge in [0, 0.05) is 24.2 Å². The van der Waals surface area contributed by atoms with E-state index in [9.17, 15) is 14.4 Å². The van der Waals surface area contributed by atoms with Gasteiger partial charge in [-0.15, -0.1) is 0 Å². The van der Waals surface area contributed by atoms with E-state index in [1.165, 1.54) is 0 Å². The van der Waals surface area contributed by atoms with Crippen LogP contribution in [0.15, 0.2) is 0 Å². The molecule has 4 atom stereocenters. The predicted molar refractivity (Wildman–Crippen MR) is 65.5 cm³/mol. The van der Waals surface area contributed by atoms with Gasteiger partial charge in [-0.3, -0.25) is 4.79 Å². The molecule has 0 aromatic rings. The fourth-order valence-electron chi connectivity index (χ4n) is 2.74. The second-order valence-electron chi connectivity index (χ2n) is 5.41. The molecule has 0 aromatic heterocycles. The first-order valence-electron chi connectivity index (χ1n) is 6.45. The molecule has 0 heterocycles. The Labute approximate surface area is 103 Å². The van der Waals surface area contributed by atoms with Gasteiger partial charge in [0.25, 0.3) is 0 Å². The summed E-state index contributed by atoms with van der Waals surface area (Å²) in [5.41, 5.74) is 0. The minimum atomic E-state index is -0.185. The summed E-state index contributed by atoms with van der Waals surface area (Å²) in [5.74, 6) is 0.340. The fraction of sp³-hybridized carbons (Fsp3) is 0.786. The van der Waals surface area contributed by atoms with E-state index in [-0.39, 0.29) is 29.3 Å². The van der Waals surface area contributed by atoms with Gasteiger partial charge in [0.05, 0.1) is 0 Å². The number of rotatable bonds is 5. The molecular weight excluding hydrogens is 216 g/mol. The van der Waals surface area contributed by atoms with E-state index in [1.807, 2.05) is 6.92 Å². The molecule has 1 saturated carbocycles. The molecule has 2 unspecified atom stereocenters. The van der Waals surface area contributed by atoms with Crippen LogP contribution in [0.2, 0.25) is 0 Å². The van der Waals surface area contributed by atoms with Crippen LogP contribution in [0.25, 0.3) is 0 Å². The van der Waals surface area contributed by atoms with Gasteiger partial charge in [-0.05, 0) is 32.1 Å². The minimum absolute atomic E-state index is 0.0277. The third-order valence-corrected chi connectivity index (χ3v) is 4.01. The molecule has 0 N–H and O–H groups in total. The van der Waals surface area contributed by atoms with Crippen molar-refractivity contribution in [1.29, 1.82) is 0 Å². The van der Waals surface area contributed by atoms with Crippen molar-refractivity contribution in [2.45, 2.75) is 46.5 Å². The average Bonchev–Trinajstić information content (AvgIpc) is 2.27. The number of Topliss-reactive ketones (excluding diaryl/α,β-unsaturated/α-hetero) is 2. The summed E-state index contributed by atoms with van der Waals surface area (Å²) in [6, 6.07) is 0. The van der Waals surface area contributed by atoms with Gasteiger partial charge in [0.1, 0.15) is 17.9 Å². The number of hydrogen-bond donors (Lipinski definition) is 0. The predicted octanol–water partition coefficient (Wildman–Crippen LogP) is 2.42. The highest BCUT2D eigenvalue weighted by atomic mass is 16.1. The first-order valence-corrected chi connectivity index (χ1v) is 6.45. The molecule has 96 valence electrons. The van der Waals surface area contributed by atoms with Crippen molar-refractivity contribution in [3.63, 3.8) is 0 Å². The molecule has 0 saturated heterocycles. The number of hydrogen-bond acceptors (Lipinski definition) is 3. The first kappa shape index (κ1) is 14.1. The molecule has 1 fully saturated rings. The van der Waals surface area contributed by atoms with Crippen molar-refractivity contribution < 1.29 is 14.4 Å². The summed E-state index contributed by atoms with van der Waals surface area (Å²) >= 11 is 0. The molecule has 0 aliphatic heterocycles. The van der Waals surface area contributed by atoms with Crippen LogP contribution in [0, 0.1) is 23.7 Å². The lowest BCUT2D eigenvalue weighted by Crippen LogP contribution is -2.37. The molecule has 1 aliphatic carbocycles. The standard InChI is InChI=1S/C14H22O3/c1-9-4-6-13(10(2)8-15)14(17)12(9)7-5-11(3)16/h8-10,12-13H,4-7H2,1-3H3/t9-,10+,12?,13?/m1/s1. The highest BCUT2D eigenvalue weighted by Gasteiger charge is 2.37. The summed E-state index contributed by atoms with van der Waals surface area (Å²) < 4.78 is 0. The molecule has 1 rings (SSSR count). The van der Waals surface area contributed by atoms with E-state index in [0.29, 0.717) is 18.8 Å². The van der Waals surface area contributed by atoms with Crippen molar-refractivity contribution in [3.8, 4) is 0 Å². The van der Waals surface area contributed by atoms with Crippen LogP contribution in [-0.2, 0) is 14.4 Å². The Hall–Kier alpha value is -0.990. The Kier molecular flexibility index (Phi) is 5.03. The zero-order valence-electron chi connectivity index (χ0n) is 10.9. The number of ketones is 2. The Bertz CT molecular complexity index is 309. The van der Waals surface area contributed by atoms with Crippen LogP contribution in [0.3, 0.4) is 0 Å². The maximum absolute atomic E-state index is 12.3. The van der Waals surface area contributed by atoms with Gasteiger partial charge < -0.3 is 9.59 Å². The number of aldehydes is 1. The molecule has 3 heteroatoms. The van der Waals surface area contributed by atoms with Crippen molar-refractivity contribution in [3.05, 3.63) is 0 Å². The molecule has 0 spiro atoms. The van der Waals surface area contributed by atoms with Crippen molar-refractivity contribution in [2.24, 2.45) is 23.7 Å². The lowest BCUT2D eigenvalue weighted by Gasteiger charge is -2.34. The fourth-order valence-corrected chi connectivity index (χ4v) is 2.74. The van der Waals surface area contributed by atoms with Crippen LogP contribution in [0.5, 0.6) is 0 Å². The summed E-state index contributed by atoms with van der Waals surface area (Å²) in [4.78, 5) is 34.1. The van der Waals surface area contributed by atoms with Crippen LogP contribution >= 0.6 is 0 Å². The van der Waals surface area contributed by atoms with Gasteiger partial charge >= 0.3 is 0 Å². The van der Waals surface area contributed by atoms with Gasteiger partial charge in [-0.25, -0.2) is 0 Å². The Morgan fingerprint density at radius 2 is 2.12 bits per heavy atom. The van der Waals surface area contributed by atoms with Crippen molar-refractivity contribution >= 4 is 17.9 Å². The molecule has 1 aliphatic rings. The van der Waals surface area contributed by atoms with Gasteiger partial charge in [-0.1, -0.05) is 13.8 Å². The molecule has 17 heavy (non-hydrogen) atoms. The Balaban J connectivity index is 2.69. The topological polar surface area (TPSA) is 51.2 Å². The smallest absolute Gasteiger partial charge is 0.140 e. The molecule has 3 nitrogen and oxygen atoms in total. The third-order valence-electron chi connectivity index (χ3n) is 4.01. The largest absolute Gasteiger partial charge is 0.303 e. The van der Waals surface area contributed by atoms with Crippen molar-refractivity contribution in [2.75, 3.05) is 0 Å². The SMILES string of the molecule is CC(=O)CCC1C(=O)C([C@@H](C)C=O)CC[C@H]1C. The highest BCUT2D eigenvalue weighted by molar-refractivity contribution is 5.87.